The summed E-state index contributed by atoms with van der Waals surface area (Å²) in [6, 6.07) is 31.3. The lowest BCUT2D eigenvalue weighted by Gasteiger charge is -2.39. The number of β-amino-alcohol motifs (C(OH)–C–C–N with tert-alkyl or cyclic N) is 1. The van der Waals surface area contributed by atoms with Crippen molar-refractivity contribution in [3.05, 3.63) is 160 Å². The fourth-order valence-electron chi connectivity index (χ4n) is 14.2. The van der Waals surface area contributed by atoms with Crippen LogP contribution >= 0.6 is 34.7 Å². The highest BCUT2D eigenvalue weighted by molar-refractivity contribution is 7.99. The van der Waals surface area contributed by atoms with Gasteiger partial charge in [-0.3, -0.25) is 29.0 Å². The van der Waals surface area contributed by atoms with E-state index in [2.05, 4.69) is 78.4 Å². The topological polar surface area (TPSA) is 240 Å². The van der Waals surface area contributed by atoms with Crippen molar-refractivity contribution in [1.29, 1.82) is 0 Å². The SMILES string of the molecule is Cc1ncsc1-c1ccc([C@H](C)NC(=O)[C@@H]2C[C@@H](O)CN2C(=O)[C@@H](NC(=O)CCCCCCCCC#CC#CC2(C)CCC(c3ccc(Cl)cc3)=C(CN3CCN(c4ccc(C(=O)NS(=O)(=O)c5ccc(N[C@H](CCN6CCOCC6)CSc6ccccc6)c(S(=O)(=O)C(F)(F)F)c5)cc4)CC3)C2)C(C)(C)C)cc1. The first-order valence-corrected chi connectivity index (χ1v) is 42.5. The van der Waals surface area contributed by atoms with Gasteiger partial charge >= 0.3 is 5.51 Å². The maximum absolute atomic E-state index is 14.4. The van der Waals surface area contributed by atoms with Crippen LogP contribution in [-0.4, -0.2) is 173 Å². The number of sulfone groups is 1. The summed E-state index contributed by atoms with van der Waals surface area (Å²) < 4.78 is 105. The molecule has 3 fully saturated rings. The number of aryl methyl sites for hydroxylation is 1. The second-order valence-corrected chi connectivity index (χ2v) is 35.9. The number of piperazine rings is 1. The van der Waals surface area contributed by atoms with Crippen molar-refractivity contribution in [3.63, 3.8) is 0 Å². The van der Waals surface area contributed by atoms with Crippen LogP contribution in [0, 0.1) is 41.4 Å². The van der Waals surface area contributed by atoms with E-state index >= 15 is 0 Å². The molecule has 5 aromatic carbocycles. The van der Waals surface area contributed by atoms with Gasteiger partial charge in [0.05, 0.1) is 52.0 Å². The summed E-state index contributed by atoms with van der Waals surface area (Å²) >= 11 is 9.36. The van der Waals surface area contributed by atoms with Crippen molar-refractivity contribution in [1.82, 2.24) is 35.0 Å². The summed E-state index contributed by atoms with van der Waals surface area (Å²) in [4.78, 5) is 67.4. The average molecular weight is 1590 g/mol. The zero-order valence-electron chi connectivity index (χ0n) is 62.7. The molecular weight excluding hydrogens is 1490 g/mol. The number of morpholine rings is 1. The smallest absolute Gasteiger partial charge is 0.391 e. The first-order chi connectivity index (χ1) is 51.9. The van der Waals surface area contributed by atoms with Crippen LogP contribution < -0.4 is 25.6 Å². The summed E-state index contributed by atoms with van der Waals surface area (Å²) in [5.74, 6) is 11.4. The molecule has 1 aromatic heterocycles. The first kappa shape index (κ1) is 83.7. The van der Waals surface area contributed by atoms with Gasteiger partial charge < -0.3 is 35.6 Å². The molecule has 0 radical (unpaired) electrons. The number of rotatable bonds is 30. The number of alkyl halides is 3. The van der Waals surface area contributed by atoms with E-state index in [1.165, 1.54) is 39.9 Å². The molecule has 6 aromatic rings. The predicted molar refractivity (Wildman–Crippen MR) is 425 cm³/mol. The number of carbonyl (C=O) groups is 4. The Morgan fingerprint density at radius 1 is 0.817 bits per heavy atom. The lowest BCUT2D eigenvalue weighted by molar-refractivity contribution is -0.144. The molecule has 3 aliphatic heterocycles. The summed E-state index contributed by atoms with van der Waals surface area (Å²) in [6.07, 6.45) is 8.45. The number of carbonyl (C=O) groups excluding carboxylic acids is 4. The van der Waals surface area contributed by atoms with E-state index < -0.39 is 82.3 Å². The highest BCUT2D eigenvalue weighted by atomic mass is 35.5. The molecule has 6 atom stereocenters. The van der Waals surface area contributed by atoms with E-state index in [0.717, 1.165) is 121 Å². The Hall–Kier alpha value is -7.76. The van der Waals surface area contributed by atoms with Gasteiger partial charge in [0, 0.05) is 117 Å². The van der Waals surface area contributed by atoms with Crippen LogP contribution in [0.2, 0.25) is 5.02 Å². The number of likely N-dealkylation sites (tertiary alicyclic amines) is 1. The molecule has 4 aliphatic rings. The summed E-state index contributed by atoms with van der Waals surface area (Å²) in [5, 5.41) is 20.4. The van der Waals surface area contributed by atoms with Crippen molar-refractivity contribution in [2.24, 2.45) is 10.8 Å². The van der Waals surface area contributed by atoms with Crippen molar-refractivity contribution < 1.29 is 59.0 Å². The Labute approximate surface area is 653 Å². The largest absolute Gasteiger partial charge is 0.501 e. The fraction of sp³-hybridized carbons (Fsp3) is 0.476. The number of allylic oxidation sites excluding steroid dienone is 1. The summed E-state index contributed by atoms with van der Waals surface area (Å²) in [6.45, 7) is 18.1. The maximum atomic E-state index is 14.4. The monoisotopic (exact) mass is 1590 g/mol. The molecule has 1 unspecified atom stereocenters. The Morgan fingerprint density at radius 3 is 2.17 bits per heavy atom. The minimum absolute atomic E-state index is 0.00249. The minimum atomic E-state index is -6.10. The zero-order valence-corrected chi connectivity index (χ0v) is 66.7. The molecule has 0 spiro atoms. The van der Waals surface area contributed by atoms with Gasteiger partial charge in [-0.1, -0.05) is 130 Å². The molecule has 3 saturated heterocycles. The highest BCUT2D eigenvalue weighted by Gasteiger charge is 2.49. The van der Waals surface area contributed by atoms with E-state index in [0.29, 0.717) is 82.0 Å². The number of benzene rings is 5. The van der Waals surface area contributed by atoms with Crippen LogP contribution in [0.4, 0.5) is 24.5 Å². The molecule has 10 rings (SSSR count). The van der Waals surface area contributed by atoms with Crippen LogP contribution in [-0.2, 0) is 39.0 Å². The Bertz CT molecular complexity index is 4530. The van der Waals surface area contributed by atoms with Crippen LogP contribution in [0.15, 0.2) is 147 Å². The molecule has 4 amide bonds. The number of thiazole rings is 1. The minimum Gasteiger partial charge on any atom is -0.391 e. The third kappa shape index (κ3) is 23.2. The molecular formula is C82H99ClF3N9O10S4. The number of aromatic nitrogens is 1. The van der Waals surface area contributed by atoms with E-state index in [1.54, 1.807) is 23.5 Å². The van der Waals surface area contributed by atoms with Gasteiger partial charge in [0.1, 0.15) is 17.0 Å². The number of unbranched alkanes of at least 4 members (excludes halogenated alkanes) is 6. The number of aliphatic hydroxyl groups excluding tert-OH is 1. The van der Waals surface area contributed by atoms with Gasteiger partial charge in [-0.15, -0.1) is 23.1 Å². The standard InChI is InChI=1S/C82H99ClF3N9O10S4/c1-57(59-23-25-61(26-24-59)75-58(2)87-56-107-75)88-78(99)72-50-67(96)54-95(72)79(100)76(80(3,4)5)90-74(97)22-18-13-11-9-7-8-10-12-14-19-39-81(6)40-37-70(60-27-31-64(83)32-28-60)63(52-81)53-93-42-44-94(45-43-93)66-33-29-62(30-34-66)77(98)91-109(103,104)69-35-36-71(73(51-69)108(101,102)82(84,85)86)89-65(38-41-92-46-48-105-49-47-92)55-106-68-20-16-15-17-21-68/h15-17,20-21,23-36,51,56-57,65,67,72,76,89,96H,7-11,13,18,22,37-38,40-50,52-55H2,1-6H3,(H,88,99)(H,90,97)(H,91,98)/t57-,65+,67+,72-,76+,81?/m0/s1. The zero-order chi connectivity index (χ0) is 78.1. The van der Waals surface area contributed by atoms with E-state index in [4.69, 9.17) is 16.3 Å². The Morgan fingerprint density at radius 2 is 1.50 bits per heavy atom. The molecule has 109 heavy (non-hydrogen) atoms. The number of amides is 4. The normalized spacial score (nSPS) is 19.0. The van der Waals surface area contributed by atoms with Gasteiger partial charge in [-0.2, -0.15) is 13.2 Å². The van der Waals surface area contributed by atoms with Crippen LogP contribution in [0.1, 0.15) is 151 Å². The molecule has 27 heteroatoms. The second-order valence-electron chi connectivity index (χ2n) is 29.9. The van der Waals surface area contributed by atoms with Crippen molar-refractivity contribution in [2.75, 3.05) is 88.1 Å². The van der Waals surface area contributed by atoms with Crippen molar-refractivity contribution in [3.8, 4) is 34.1 Å². The maximum Gasteiger partial charge on any atom is 0.501 e. The number of hydrogen-bond acceptors (Lipinski definition) is 17. The number of ether oxygens (including phenoxy) is 1. The predicted octanol–water partition coefficient (Wildman–Crippen LogP) is 13.7. The second kappa shape index (κ2) is 38.0. The van der Waals surface area contributed by atoms with Gasteiger partial charge in [0.2, 0.25) is 17.7 Å². The molecule has 1 aliphatic carbocycles. The first-order valence-electron chi connectivity index (χ1n) is 37.3. The van der Waals surface area contributed by atoms with Crippen LogP contribution in [0.3, 0.4) is 0 Å². The fourth-order valence-corrected chi connectivity index (χ4v) is 18.1. The summed E-state index contributed by atoms with van der Waals surface area (Å²) in [7, 11) is -11.0. The molecule has 5 N–H and O–H groups in total. The van der Waals surface area contributed by atoms with Crippen LogP contribution in [0.25, 0.3) is 16.0 Å². The van der Waals surface area contributed by atoms with E-state index in [-0.39, 0.29) is 48.2 Å². The highest BCUT2D eigenvalue weighted by Crippen LogP contribution is 2.44. The number of aliphatic hydroxyl groups is 1. The number of nitrogens with zero attached hydrogens (tertiary/aromatic N) is 5. The molecule has 4 heterocycles. The quantitative estimate of drug-likeness (QED) is 0.0160. The number of nitrogens with one attached hydrogen (secondary N) is 4. The average Bonchev–Trinajstić information content (AvgIpc) is 0.836. The van der Waals surface area contributed by atoms with Gasteiger partial charge in [0.25, 0.3) is 25.8 Å². The number of halogens is 4. The number of anilines is 2. The van der Waals surface area contributed by atoms with Crippen LogP contribution in [0.5, 0.6) is 0 Å². The number of sulfonamides is 1. The molecule has 19 nitrogen and oxygen atoms in total. The third-order valence-electron chi connectivity index (χ3n) is 20.5. The number of hydrogen-bond donors (Lipinski definition) is 5. The molecule has 0 bridgehead atoms. The molecule has 0 saturated carbocycles. The molecule has 584 valence electrons. The Balaban J connectivity index is 0.664. The lowest BCUT2D eigenvalue weighted by atomic mass is 9.72. The van der Waals surface area contributed by atoms with Gasteiger partial charge in [-0.25, -0.2) is 26.5 Å². The van der Waals surface area contributed by atoms with Crippen molar-refractivity contribution in [2.45, 2.75) is 175 Å². The van der Waals surface area contributed by atoms with Gasteiger partial charge in [0.15, 0.2) is 0 Å². The summed E-state index contributed by atoms with van der Waals surface area (Å²) in [5.41, 5.74) is 2.00. The van der Waals surface area contributed by atoms with E-state index in [9.17, 15) is 54.3 Å². The third-order valence-corrected chi connectivity index (χ3v) is 25.8. The van der Waals surface area contributed by atoms with Crippen molar-refractivity contribution >= 4 is 95.1 Å². The number of thioether (sulfide) groups is 1. The lowest BCUT2D eigenvalue weighted by Crippen LogP contribution is -2.57. The van der Waals surface area contributed by atoms with Gasteiger partial charge in [-0.05, 0) is 166 Å². The Kier molecular flexibility index (Phi) is 29.2. The van der Waals surface area contributed by atoms with E-state index in [1.807, 2.05) is 112 Å².